The zero-order valence-corrected chi connectivity index (χ0v) is 12.5. The maximum absolute atomic E-state index is 12.1. The molecule has 0 bridgehead atoms. The number of fused-ring (bicyclic) bond motifs is 1. The van der Waals surface area contributed by atoms with Crippen LogP contribution in [0.5, 0.6) is 0 Å². The number of hydrogen-bond acceptors (Lipinski definition) is 4. The molecule has 0 aromatic heterocycles. The fraction of sp³-hybridized carbons (Fsp3) is 0.462. The third-order valence-electron chi connectivity index (χ3n) is 3.30. The Labute approximate surface area is 119 Å². The summed E-state index contributed by atoms with van der Waals surface area (Å²) in [5, 5.41) is 0. The molecule has 1 heterocycles. The molecule has 1 aliphatic heterocycles. The average Bonchev–Trinajstić information content (AvgIpc) is 2.81. The van der Waals surface area contributed by atoms with Crippen LogP contribution in [-0.2, 0) is 21.2 Å². The third-order valence-corrected chi connectivity index (χ3v) is 4.74. The van der Waals surface area contributed by atoms with Gasteiger partial charge >= 0.3 is 0 Å². The molecule has 20 heavy (non-hydrogen) atoms. The lowest BCUT2D eigenvalue weighted by Crippen LogP contribution is -2.27. The first-order chi connectivity index (χ1) is 9.36. The molecule has 1 aromatic rings. The van der Waals surface area contributed by atoms with E-state index in [1.54, 1.807) is 11.0 Å². The van der Waals surface area contributed by atoms with Gasteiger partial charge in [-0.2, -0.15) is 0 Å². The quantitative estimate of drug-likeness (QED) is 0.806. The summed E-state index contributed by atoms with van der Waals surface area (Å²) in [6, 6.07) is 3.02. The molecular formula is C13H19N3O3S. The maximum atomic E-state index is 12.1. The summed E-state index contributed by atoms with van der Waals surface area (Å²) in [5.74, 6) is -0.0878. The molecule has 0 spiro atoms. The monoisotopic (exact) mass is 297 g/mol. The molecule has 0 saturated heterocycles. The van der Waals surface area contributed by atoms with Crippen LogP contribution in [0, 0.1) is 0 Å². The van der Waals surface area contributed by atoms with Crippen LogP contribution in [0.15, 0.2) is 17.0 Å². The van der Waals surface area contributed by atoms with Crippen LogP contribution in [0.2, 0.25) is 0 Å². The molecule has 3 N–H and O–H groups in total. The Morgan fingerprint density at radius 2 is 2.15 bits per heavy atom. The van der Waals surface area contributed by atoms with Gasteiger partial charge in [-0.05, 0) is 30.5 Å². The Balaban J connectivity index is 2.42. The van der Waals surface area contributed by atoms with E-state index in [1.165, 1.54) is 13.0 Å². The van der Waals surface area contributed by atoms with Gasteiger partial charge in [0.2, 0.25) is 15.9 Å². The summed E-state index contributed by atoms with van der Waals surface area (Å²) < 4.78 is 26.7. The Kier molecular flexibility index (Phi) is 4.01. The number of rotatable bonds is 4. The normalized spacial score (nSPS) is 14.4. The first-order valence-corrected chi connectivity index (χ1v) is 8.05. The summed E-state index contributed by atoms with van der Waals surface area (Å²) in [5.41, 5.74) is 7.71. The van der Waals surface area contributed by atoms with Gasteiger partial charge in [-0.25, -0.2) is 13.1 Å². The number of anilines is 2. The van der Waals surface area contributed by atoms with Gasteiger partial charge < -0.3 is 10.6 Å². The van der Waals surface area contributed by atoms with Gasteiger partial charge in [-0.1, -0.05) is 6.92 Å². The summed E-state index contributed by atoms with van der Waals surface area (Å²) in [4.78, 5) is 13.3. The van der Waals surface area contributed by atoms with E-state index in [9.17, 15) is 13.2 Å². The van der Waals surface area contributed by atoms with Crippen molar-refractivity contribution < 1.29 is 13.2 Å². The van der Waals surface area contributed by atoms with Gasteiger partial charge in [0.15, 0.2) is 0 Å². The molecule has 110 valence electrons. The number of nitrogens with one attached hydrogen (secondary N) is 1. The van der Waals surface area contributed by atoms with Gasteiger partial charge in [-0.15, -0.1) is 0 Å². The Hall–Kier alpha value is -1.60. The minimum Gasteiger partial charge on any atom is -0.397 e. The molecule has 0 fully saturated rings. The zero-order valence-electron chi connectivity index (χ0n) is 11.6. The second-order valence-electron chi connectivity index (χ2n) is 4.84. The molecule has 0 unspecified atom stereocenters. The van der Waals surface area contributed by atoms with Crippen molar-refractivity contribution in [1.29, 1.82) is 0 Å². The number of nitrogens with two attached hydrogens (primary N) is 1. The van der Waals surface area contributed by atoms with E-state index >= 15 is 0 Å². The first-order valence-electron chi connectivity index (χ1n) is 6.57. The minimum atomic E-state index is -3.54. The van der Waals surface area contributed by atoms with E-state index < -0.39 is 10.0 Å². The number of hydrogen-bond donors (Lipinski definition) is 2. The van der Waals surface area contributed by atoms with Gasteiger partial charge in [0.25, 0.3) is 0 Å². The van der Waals surface area contributed by atoms with Crippen molar-refractivity contribution in [3.8, 4) is 0 Å². The van der Waals surface area contributed by atoms with E-state index in [-0.39, 0.29) is 10.8 Å². The standard InChI is InChI=1S/C13H19N3O3S/c1-3-5-15-20(18,19)11-7-10-4-6-16(9(2)17)13(10)12(14)8-11/h7-8,15H,3-6,14H2,1-2H3. The molecule has 1 aromatic carbocycles. The highest BCUT2D eigenvalue weighted by atomic mass is 32.2. The molecule has 2 rings (SSSR count). The predicted molar refractivity (Wildman–Crippen MR) is 78.1 cm³/mol. The Morgan fingerprint density at radius 3 is 2.75 bits per heavy atom. The fourth-order valence-corrected chi connectivity index (χ4v) is 3.56. The van der Waals surface area contributed by atoms with Crippen LogP contribution in [-0.4, -0.2) is 27.4 Å². The Morgan fingerprint density at radius 1 is 1.45 bits per heavy atom. The van der Waals surface area contributed by atoms with E-state index in [0.717, 1.165) is 12.0 Å². The topological polar surface area (TPSA) is 92.5 Å². The van der Waals surface area contributed by atoms with Gasteiger partial charge in [-0.3, -0.25) is 4.79 Å². The van der Waals surface area contributed by atoms with E-state index in [4.69, 9.17) is 5.73 Å². The van der Waals surface area contributed by atoms with Crippen molar-refractivity contribution in [2.75, 3.05) is 23.7 Å². The molecule has 0 radical (unpaired) electrons. The third kappa shape index (κ3) is 2.64. The van der Waals surface area contributed by atoms with Crippen molar-refractivity contribution in [2.45, 2.75) is 31.6 Å². The largest absolute Gasteiger partial charge is 0.397 e. The molecule has 7 heteroatoms. The number of carbonyl (C=O) groups is 1. The molecule has 0 saturated carbocycles. The smallest absolute Gasteiger partial charge is 0.240 e. The predicted octanol–water partition coefficient (Wildman–Crippen LogP) is 0.866. The molecule has 0 atom stereocenters. The number of sulfonamides is 1. The van der Waals surface area contributed by atoms with Crippen LogP contribution in [0.1, 0.15) is 25.8 Å². The number of nitrogens with zero attached hydrogens (tertiary/aromatic N) is 1. The van der Waals surface area contributed by atoms with Gasteiger partial charge in [0, 0.05) is 20.0 Å². The molecule has 1 amide bonds. The van der Waals surface area contributed by atoms with Crippen molar-refractivity contribution in [2.24, 2.45) is 0 Å². The van der Waals surface area contributed by atoms with E-state index in [0.29, 0.717) is 30.9 Å². The molecule has 1 aliphatic rings. The average molecular weight is 297 g/mol. The summed E-state index contributed by atoms with van der Waals surface area (Å²) in [6.45, 7) is 4.30. The van der Waals surface area contributed by atoms with Crippen LogP contribution in [0.4, 0.5) is 11.4 Å². The van der Waals surface area contributed by atoms with Gasteiger partial charge in [0.1, 0.15) is 0 Å². The van der Waals surface area contributed by atoms with E-state index in [1.807, 2.05) is 6.92 Å². The van der Waals surface area contributed by atoms with Crippen molar-refractivity contribution in [3.63, 3.8) is 0 Å². The lowest BCUT2D eigenvalue weighted by molar-refractivity contribution is -0.116. The van der Waals surface area contributed by atoms with Crippen LogP contribution in [0.3, 0.4) is 0 Å². The number of amides is 1. The number of nitrogen functional groups attached to an aromatic ring is 1. The molecule has 6 nitrogen and oxygen atoms in total. The number of benzene rings is 1. The van der Waals surface area contributed by atoms with Crippen LogP contribution < -0.4 is 15.4 Å². The second-order valence-corrected chi connectivity index (χ2v) is 6.61. The SMILES string of the molecule is CCCNS(=O)(=O)c1cc(N)c2c(c1)CCN2C(C)=O. The second kappa shape index (κ2) is 5.41. The lowest BCUT2D eigenvalue weighted by atomic mass is 10.1. The molecular weight excluding hydrogens is 278 g/mol. The lowest BCUT2D eigenvalue weighted by Gasteiger charge is -2.17. The van der Waals surface area contributed by atoms with Crippen molar-refractivity contribution in [3.05, 3.63) is 17.7 Å². The molecule has 0 aliphatic carbocycles. The maximum Gasteiger partial charge on any atom is 0.240 e. The highest BCUT2D eigenvalue weighted by Crippen LogP contribution is 2.36. The van der Waals surface area contributed by atoms with Crippen molar-refractivity contribution >= 4 is 27.3 Å². The Bertz CT molecular complexity index is 641. The highest BCUT2D eigenvalue weighted by Gasteiger charge is 2.27. The summed E-state index contributed by atoms with van der Waals surface area (Å²) in [7, 11) is -3.54. The summed E-state index contributed by atoms with van der Waals surface area (Å²) in [6.07, 6.45) is 1.34. The minimum absolute atomic E-state index is 0.0878. The van der Waals surface area contributed by atoms with Crippen molar-refractivity contribution in [1.82, 2.24) is 4.72 Å². The first kappa shape index (κ1) is 14.8. The number of carbonyl (C=O) groups excluding carboxylic acids is 1. The highest BCUT2D eigenvalue weighted by molar-refractivity contribution is 7.89. The van der Waals surface area contributed by atoms with Gasteiger partial charge in [0.05, 0.1) is 16.3 Å². The van der Waals surface area contributed by atoms with Crippen LogP contribution in [0.25, 0.3) is 0 Å². The van der Waals surface area contributed by atoms with Crippen LogP contribution >= 0.6 is 0 Å². The fourth-order valence-electron chi connectivity index (χ4n) is 2.34. The zero-order chi connectivity index (χ0) is 14.9. The van der Waals surface area contributed by atoms with E-state index in [2.05, 4.69) is 4.72 Å². The summed E-state index contributed by atoms with van der Waals surface area (Å²) >= 11 is 0.